The van der Waals surface area contributed by atoms with E-state index >= 15 is 0 Å². The summed E-state index contributed by atoms with van der Waals surface area (Å²) >= 11 is 0. The first-order valence-corrected chi connectivity index (χ1v) is 7.96. The van der Waals surface area contributed by atoms with Gasteiger partial charge in [-0.2, -0.15) is 0 Å². The molecule has 0 fully saturated rings. The smallest absolute Gasteiger partial charge is 0.251 e. The molecule has 6 nitrogen and oxygen atoms in total. The fourth-order valence-electron chi connectivity index (χ4n) is 2.45. The Morgan fingerprint density at radius 3 is 2.76 bits per heavy atom. The molecular weight excluding hydrogens is 321 g/mol. The molecule has 128 valence electrons. The van der Waals surface area contributed by atoms with Gasteiger partial charge in [0.2, 0.25) is 0 Å². The third kappa shape index (κ3) is 3.71. The van der Waals surface area contributed by atoms with Gasteiger partial charge in [-0.1, -0.05) is 30.3 Å². The summed E-state index contributed by atoms with van der Waals surface area (Å²) in [7, 11) is 0. The second-order valence-electron chi connectivity index (χ2n) is 5.90. The molecule has 0 saturated carbocycles. The molecule has 25 heavy (non-hydrogen) atoms. The van der Waals surface area contributed by atoms with Gasteiger partial charge in [0.15, 0.2) is 5.82 Å². The van der Waals surface area contributed by atoms with Crippen LogP contribution in [0.4, 0.5) is 4.39 Å². The lowest BCUT2D eigenvalue weighted by atomic mass is 10.1. The van der Waals surface area contributed by atoms with Crippen molar-refractivity contribution in [3.63, 3.8) is 0 Å². The number of nitrogens with one attached hydrogen (secondary N) is 1. The number of hydrogen-bond acceptors (Lipinski definition) is 4. The second-order valence-corrected chi connectivity index (χ2v) is 5.90. The van der Waals surface area contributed by atoms with Crippen LogP contribution in [0.3, 0.4) is 0 Å². The lowest BCUT2D eigenvalue weighted by molar-refractivity contribution is 0.0950. The Kier molecular flexibility index (Phi) is 4.83. The van der Waals surface area contributed by atoms with E-state index in [2.05, 4.69) is 20.8 Å². The normalized spacial score (nSPS) is 10.9. The van der Waals surface area contributed by atoms with Crippen molar-refractivity contribution >= 4 is 5.91 Å². The number of rotatable bonds is 5. The molecule has 2 aromatic carbocycles. The van der Waals surface area contributed by atoms with Gasteiger partial charge >= 0.3 is 0 Å². The maximum absolute atomic E-state index is 13.6. The molecule has 0 spiro atoms. The van der Waals surface area contributed by atoms with Gasteiger partial charge in [-0.15, -0.1) is 5.10 Å². The highest BCUT2D eigenvalue weighted by Gasteiger charge is 2.14. The minimum absolute atomic E-state index is 0.100. The number of nitrogens with zero attached hydrogens (tertiary/aromatic N) is 4. The zero-order valence-electron chi connectivity index (χ0n) is 14.0. The van der Waals surface area contributed by atoms with Crippen molar-refractivity contribution in [2.24, 2.45) is 0 Å². The molecule has 1 N–H and O–H groups in total. The first kappa shape index (κ1) is 16.8. The topological polar surface area (TPSA) is 72.7 Å². The van der Waals surface area contributed by atoms with Crippen LogP contribution in [0.5, 0.6) is 0 Å². The van der Waals surface area contributed by atoms with E-state index in [0.29, 0.717) is 17.0 Å². The predicted molar refractivity (Wildman–Crippen MR) is 91.2 cm³/mol. The Morgan fingerprint density at radius 1 is 1.20 bits per heavy atom. The maximum atomic E-state index is 13.6. The van der Waals surface area contributed by atoms with Crippen molar-refractivity contribution in [2.75, 3.05) is 0 Å². The van der Waals surface area contributed by atoms with E-state index in [-0.39, 0.29) is 24.3 Å². The fraction of sp³-hybridized carbons (Fsp3) is 0.222. The van der Waals surface area contributed by atoms with Crippen LogP contribution in [0.1, 0.15) is 35.8 Å². The van der Waals surface area contributed by atoms with Crippen LogP contribution in [0, 0.1) is 5.82 Å². The molecule has 3 aromatic rings. The van der Waals surface area contributed by atoms with Crippen molar-refractivity contribution in [2.45, 2.75) is 26.4 Å². The molecule has 0 bridgehead atoms. The van der Waals surface area contributed by atoms with Crippen LogP contribution in [0.25, 0.3) is 11.4 Å². The summed E-state index contributed by atoms with van der Waals surface area (Å²) in [5.74, 6) is -0.0277. The summed E-state index contributed by atoms with van der Waals surface area (Å²) in [4.78, 5) is 12.4. The molecule has 0 unspecified atom stereocenters. The quantitative estimate of drug-likeness (QED) is 0.775. The summed E-state index contributed by atoms with van der Waals surface area (Å²) in [6.45, 7) is 4.08. The van der Waals surface area contributed by atoms with E-state index in [1.807, 2.05) is 19.9 Å². The first-order valence-electron chi connectivity index (χ1n) is 7.96. The largest absolute Gasteiger partial charge is 0.348 e. The number of halogens is 1. The van der Waals surface area contributed by atoms with Crippen LogP contribution in [0.2, 0.25) is 0 Å². The molecule has 0 atom stereocenters. The fourth-order valence-corrected chi connectivity index (χ4v) is 2.45. The average molecular weight is 339 g/mol. The monoisotopic (exact) mass is 339 g/mol. The minimum Gasteiger partial charge on any atom is -0.348 e. The van der Waals surface area contributed by atoms with E-state index < -0.39 is 0 Å². The van der Waals surface area contributed by atoms with E-state index in [1.165, 1.54) is 6.07 Å². The SMILES string of the molecule is CC(C)n1nnnc1-c1cccc(C(=O)NCc2ccccc2F)c1. The number of aromatic nitrogens is 4. The minimum atomic E-state index is -0.340. The second kappa shape index (κ2) is 7.21. The summed E-state index contributed by atoms with van der Waals surface area (Å²) in [5, 5.41) is 14.4. The third-order valence-electron chi connectivity index (χ3n) is 3.76. The highest BCUT2D eigenvalue weighted by Crippen LogP contribution is 2.20. The van der Waals surface area contributed by atoms with Crippen molar-refractivity contribution < 1.29 is 9.18 Å². The predicted octanol–water partition coefficient (Wildman–Crippen LogP) is 2.99. The van der Waals surface area contributed by atoms with Crippen molar-refractivity contribution in [3.05, 3.63) is 65.5 Å². The van der Waals surface area contributed by atoms with E-state index in [4.69, 9.17) is 0 Å². The average Bonchev–Trinajstić information content (AvgIpc) is 3.11. The molecule has 1 aromatic heterocycles. The summed E-state index contributed by atoms with van der Waals surface area (Å²) in [6.07, 6.45) is 0. The van der Waals surface area contributed by atoms with E-state index in [1.54, 1.807) is 41.1 Å². The van der Waals surface area contributed by atoms with Crippen LogP contribution >= 0.6 is 0 Å². The molecule has 1 amide bonds. The highest BCUT2D eigenvalue weighted by molar-refractivity contribution is 5.95. The van der Waals surface area contributed by atoms with Crippen molar-refractivity contribution in [3.8, 4) is 11.4 Å². The van der Waals surface area contributed by atoms with Crippen molar-refractivity contribution in [1.82, 2.24) is 25.5 Å². The Bertz CT molecular complexity index is 890. The Balaban J connectivity index is 1.78. The molecule has 7 heteroatoms. The number of tetrazole rings is 1. The Labute approximate surface area is 144 Å². The third-order valence-corrected chi connectivity index (χ3v) is 3.76. The van der Waals surface area contributed by atoms with Gasteiger partial charge in [0, 0.05) is 23.2 Å². The zero-order valence-corrected chi connectivity index (χ0v) is 14.0. The number of amides is 1. The van der Waals surface area contributed by atoms with Gasteiger partial charge in [0.05, 0.1) is 6.04 Å². The maximum Gasteiger partial charge on any atom is 0.251 e. The molecular formula is C18H18FN5O. The molecule has 0 saturated heterocycles. The van der Waals surface area contributed by atoms with Crippen LogP contribution in [-0.4, -0.2) is 26.1 Å². The lowest BCUT2D eigenvalue weighted by Gasteiger charge is -2.09. The number of carbonyl (C=O) groups is 1. The van der Waals surface area contributed by atoms with Crippen LogP contribution in [-0.2, 0) is 6.54 Å². The molecule has 3 rings (SSSR count). The van der Waals surface area contributed by atoms with Gasteiger partial charge < -0.3 is 5.32 Å². The lowest BCUT2D eigenvalue weighted by Crippen LogP contribution is -2.23. The summed E-state index contributed by atoms with van der Waals surface area (Å²) in [5.41, 5.74) is 1.65. The van der Waals surface area contributed by atoms with E-state index in [0.717, 1.165) is 5.56 Å². The molecule has 0 aliphatic rings. The van der Waals surface area contributed by atoms with Gasteiger partial charge in [-0.3, -0.25) is 4.79 Å². The Morgan fingerprint density at radius 2 is 2.00 bits per heavy atom. The van der Waals surface area contributed by atoms with Gasteiger partial charge in [-0.25, -0.2) is 9.07 Å². The number of hydrogen-bond donors (Lipinski definition) is 1. The van der Waals surface area contributed by atoms with Gasteiger partial charge in [0.25, 0.3) is 5.91 Å². The van der Waals surface area contributed by atoms with Gasteiger partial charge in [-0.05, 0) is 42.5 Å². The highest BCUT2D eigenvalue weighted by atomic mass is 19.1. The Hall–Kier alpha value is -3.09. The van der Waals surface area contributed by atoms with Crippen LogP contribution < -0.4 is 5.32 Å². The standard InChI is InChI=1S/C18H18FN5O/c1-12(2)24-17(21-22-23-24)13-7-5-8-14(10-13)18(25)20-11-15-6-3-4-9-16(15)19/h3-10,12H,11H2,1-2H3,(H,20,25). The first-order chi connectivity index (χ1) is 12.1. The molecule has 0 aliphatic heterocycles. The molecule has 0 radical (unpaired) electrons. The summed E-state index contributed by atoms with van der Waals surface area (Å²) < 4.78 is 15.3. The number of carbonyl (C=O) groups excluding carboxylic acids is 1. The summed E-state index contributed by atoms with van der Waals surface area (Å²) in [6, 6.07) is 13.5. The van der Waals surface area contributed by atoms with Crippen LogP contribution in [0.15, 0.2) is 48.5 Å². The van der Waals surface area contributed by atoms with Gasteiger partial charge in [0.1, 0.15) is 5.82 Å². The molecule has 1 heterocycles. The van der Waals surface area contributed by atoms with E-state index in [9.17, 15) is 9.18 Å². The zero-order chi connectivity index (χ0) is 17.8. The molecule has 0 aliphatic carbocycles. The number of benzene rings is 2. The van der Waals surface area contributed by atoms with Crippen molar-refractivity contribution in [1.29, 1.82) is 0 Å².